The molecule has 3 heteroatoms. The van der Waals surface area contributed by atoms with Crippen LogP contribution in [0.25, 0.3) is 0 Å². The van der Waals surface area contributed by atoms with E-state index in [0.29, 0.717) is 18.1 Å². The highest BCUT2D eigenvalue weighted by atomic mass is 16.5. The third-order valence-electron chi connectivity index (χ3n) is 11.2. The van der Waals surface area contributed by atoms with Crippen LogP contribution in [0.5, 0.6) is 0 Å². The van der Waals surface area contributed by atoms with Gasteiger partial charge < -0.3 is 9.84 Å². The molecular formula is C42H62O3. The minimum atomic E-state index is -0.279. The van der Waals surface area contributed by atoms with Crippen molar-refractivity contribution in [3.63, 3.8) is 0 Å². The van der Waals surface area contributed by atoms with Gasteiger partial charge in [0.15, 0.2) is 0 Å². The fraction of sp³-hybridized carbons (Fsp3) is 0.643. The number of aliphatic hydroxyl groups is 1. The van der Waals surface area contributed by atoms with Gasteiger partial charge in [-0.1, -0.05) is 74.9 Å². The summed E-state index contributed by atoms with van der Waals surface area (Å²) in [5.41, 5.74) is 6.42. The van der Waals surface area contributed by atoms with Crippen LogP contribution in [0.3, 0.4) is 0 Å². The lowest BCUT2D eigenvalue weighted by Crippen LogP contribution is -2.28. The quantitative estimate of drug-likeness (QED) is 0.103. The van der Waals surface area contributed by atoms with Crippen molar-refractivity contribution in [1.29, 1.82) is 0 Å². The number of esters is 1. The number of aryl methyl sites for hydroxylation is 3. The van der Waals surface area contributed by atoms with E-state index in [1.807, 2.05) is 0 Å². The van der Waals surface area contributed by atoms with Crippen LogP contribution in [0.2, 0.25) is 0 Å². The highest BCUT2D eigenvalue weighted by molar-refractivity contribution is 5.86. The normalized spacial score (nSPS) is 22.6. The van der Waals surface area contributed by atoms with Crippen molar-refractivity contribution >= 4 is 5.97 Å². The summed E-state index contributed by atoms with van der Waals surface area (Å²) >= 11 is 0. The van der Waals surface area contributed by atoms with Gasteiger partial charge in [0, 0.05) is 12.2 Å². The van der Waals surface area contributed by atoms with Gasteiger partial charge in [0.1, 0.15) is 0 Å². The Morgan fingerprint density at radius 1 is 0.756 bits per heavy atom. The first kappa shape index (κ1) is 35.5. The fourth-order valence-corrected chi connectivity index (χ4v) is 8.31. The number of hydrogen-bond donors (Lipinski definition) is 1. The van der Waals surface area contributed by atoms with Gasteiger partial charge in [-0.25, -0.2) is 4.79 Å². The van der Waals surface area contributed by atoms with Crippen LogP contribution in [0, 0.1) is 23.7 Å². The molecule has 0 bridgehead atoms. The average molecular weight is 615 g/mol. The lowest BCUT2D eigenvalue weighted by molar-refractivity contribution is -0.139. The molecule has 1 atom stereocenters. The zero-order valence-corrected chi connectivity index (χ0v) is 28.6. The highest BCUT2D eigenvalue weighted by Crippen LogP contribution is 2.46. The van der Waals surface area contributed by atoms with Gasteiger partial charge in [-0.05, 0) is 162 Å². The van der Waals surface area contributed by atoms with Crippen molar-refractivity contribution < 1.29 is 14.6 Å². The second-order valence-electron chi connectivity index (χ2n) is 14.5. The van der Waals surface area contributed by atoms with Gasteiger partial charge in [-0.2, -0.15) is 0 Å². The lowest BCUT2D eigenvalue weighted by Gasteiger charge is -2.40. The largest absolute Gasteiger partial charge is 0.462 e. The zero-order chi connectivity index (χ0) is 31.9. The lowest BCUT2D eigenvalue weighted by atomic mass is 9.66. The number of carbonyl (C=O) groups is 1. The van der Waals surface area contributed by atoms with Gasteiger partial charge in [-0.15, -0.1) is 0 Å². The molecule has 2 saturated carbocycles. The van der Waals surface area contributed by atoms with Gasteiger partial charge in [0.05, 0.1) is 6.61 Å². The topological polar surface area (TPSA) is 46.5 Å². The van der Waals surface area contributed by atoms with E-state index in [9.17, 15) is 9.90 Å². The Morgan fingerprint density at radius 2 is 1.29 bits per heavy atom. The van der Waals surface area contributed by atoms with Gasteiger partial charge in [0.2, 0.25) is 0 Å². The van der Waals surface area contributed by atoms with Crippen LogP contribution in [0.1, 0.15) is 138 Å². The number of carbonyl (C=O) groups excluding carboxylic acids is 1. The van der Waals surface area contributed by atoms with Crippen LogP contribution in [0.4, 0.5) is 0 Å². The Kier molecular flexibility index (Phi) is 15.2. The molecule has 0 spiro atoms. The minimum Gasteiger partial charge on any atom is -0.462 e. The van der Waals surface area contributed by atoms with Crippen LogP contribution in [-0.2, 0) is 28.8 Å². The van der Waals surface area contributed by atoms with Crippen LogP contribution in [-0.4, -0.2) is 24.3 Å². The van der Waals surface area contributed by atoms with Crippen molar-refractivity contribution in [2.45, 2.75) is 135 Å². The molecule has 3 nitrogen and oxygen atoms in total. The molecule has 0 saturated heterocycles. The summed E-state index contributed by atoms with van der Waals surface area (Å²) < 4.78 is 5.34. The molecule has 0 heterocycles. The van der Waals surface area contributed by atoms with Gasteiger partial charge in [0.25, 0.3) is 0 Å². The molecule has 45 heavy (non-hydrogen) atoms. The second kappa shape index (κ2) is 19.3. The molecule has 2 aromatic rings. The second-order valence-corrected chi connectivity index (χ2v) is 14.5. The summed E-state index contributed by atoms with van der Waals surface area (Å²) in [5.74, 6) is 3.64. The molecule has 2 fully saturated rings. The Balaban J connectivity index is 1.15. The maximum atomic E-state index is 11.7. The summed E-state index contributed by atoms with van der Waals surface area (Å²) in [6, 6.07) is 19.0. The first-order chi connectivity index (χ1) is 22.0. The van der Waals surface area contributed by atoms with Crippen molar-refractivity contribution in [3.8, 4) is 0 Å². The van der Waals surface area contributed by atoms with Crippen molar-refractivity contribution in [1.82, 2.24) is 0 Å². The Hall–Kier alpha value is -2.39. The Bertz CT molecular complexity index is 1120. The van der Waals surface area contributed by atoms with Crippen molar-refractivity contribution in [2.75, 3.05) is 13.2 Å². The SMILES string of the molecule is C=C(C)C(=O)OCCCC(CCCO)C1CCC(C2CCC(c3ccc(CCc4ccc(CCCCC)cc4)cc3)CC2)CC1. The van der Waals surface area contributed by atoms with E-state index in [1.165, 1.54) is 93.7 Å². The van der Waals surface area contributed by atoms with Crippen LogP contribution in [0.15, 0.2) is 60.7 Å². The van der Waals surface area contributed by atoms with Crippen LogP contribution < -0.4 is 0 Å². The predicted octanol–water partition coefficient (Wildman–Crippen LogP) is 10.6. The van der Waals surface area contributed by atoms with Gasteiger partial charge >= 0.3 is 5.97 Å². The number of unbranched alkanes of at least 4 members (excludes halogenated alkanes) is 2. The standard InChI is InChI=1S/C42H62O3/c1-4-5-6-9-33-12-14-34(15-13-33)16-17-35-18-20-37(21-19-35)39-26-28-41(29-27-39)40-24-22-38(23-25-40)36(10-7-30-43)11-8-31-45-42(44)32(2)3/h12-15,18-21,36,38-41,43H,2,4-11,16-17,22-31H2,1,3H3. The summed E-state index contributed by atoms with van der Waals surface area (Å²) in [6.07, 6.45) is 22.2. The van der Waals surface area contributed by atoms with Crippen LogP contribution >= 0.6 is 0 Å². The first-order valence-corrected chi connectivity index (χ1v) is 18.6. The van der Waals surface area contributed by atoms with E-state index in [1.54, 1.807) is 12.5 Å². The molecule has 1 N–H and O–H groups in total. The number of rotatable bonds is 18. The number of benzene rings is 2. The third-order valence-corrected chi connectivity index (χ3v) is 11.2. The van der Waals surface area contributed by atoms with E-state index < -0.39 is 0 Å². The summed E-state index contributed by atoms with van der Waals surface area (Å²) in [5, 5.41) is 9.47. The predicted molar refractivity (Wildman–Crippen MR) is 188 cm³/mol. The summed E-state index contributed by atoms with van der Waals surface area (Å²) in [4.78, 5) is 11.7. The molecule has 0 aliphatic heterocycles. The summed E-state index contributed by atoms with van der Waals surface area (Å²) in [7, 11) is 0. The smallest absolute Gasteiger partial charge is 0.333 e. The minimum absolute atomic E-state index is 0.274. The summed E-state index contributed by atoms with van der Waals surface area (Å²) in [6.45, 7) is 8.40. The number of hydrogen-bond acceptors (Lipinski definition) is 3. The van der Waals surface area contributed by atoms with E-state index in [4.69, 9.17) is 4.74 Å². The van der Waals surface area contributed by atoms with Crippen molar-refractivity contribution in [2.24, 2.45) is 23.7 Å². The van der Waals surface area contributed by atoms with E-state index in [2.05, 4.69) is 62.0 Å². The zero-order valence-electron chi connectivity index (χ0n) is 28.6. The molecule has 2 aliphatic rings. The van der Waals surface area contributed by atoms with E-state index in [0.717, 1.165) is 62.2 Å². The Labute approximate surface area is 275 Å². The molecule has 2 aromatic carbocycles. The number of ether oxygens (including phenoxy) is 1. The molecular weight excluding hydrogens is 552 g/mol. The monoisotopic (exact) mass is 614 g/mol. The molecule has 248 valence electrons. The maximum Gasteiger partial charge on any atom is 0.333 e. The highest BCUT2D eigenvalue weighted by Gasteiger charge is 2.33. The molecule has 0 amide bonds. The van der Waals surface area contributed by atoms with E-state index in [-0.39, 0.29) is 12.6 Å². The maximum absolute atomic E-state index is 11.7. The van der Waals surface area contributed by atoms with E-state index >= 15 is 0 Å². The molecule has 1 unspecified atom stereocenters. The third kappa shape index (κ3) is 11.7. The Morgan fingerprint density at radius 3 is 1.84 bits per heavy atom. The first-order valence-electron chi connectivity index (χ1n) is 18.6. The molecule has 4 rings (SSSR count). The molecule has 0 radical (unpaired) electrons. The molecule has 2 aliphatic carbocycles. The number of aliphatic hydroxyl groups excluding tert-OH is 1. The molecule has 0 aromatic heterocycles. The van der Waals surface area contributed by atoms with Gasteiger partial charge in [-0.3, -0.25) is 0 Å². The van der Waals surface area contributed by atoms with Crippen molar-refractivity contribution in [3.05, 3.63) is 82.9 Å². The average Bonchev–Trinajstić information content (AvgIpc) is 3.08. The fourth-order valence-electron chi connectivity index (χ4n) is 8.31.